The van der Waals surface area contributed by atoms with E-state index in [0.29, 0.717) is 5.56 Å². The lowest BCUT2D eigenvalue weighted by Crippen LogP contribution is -2.38. The molecule has 1 rings (SSSR count). The van der Waals surface area contributed by atoms with Crippen LogP contribution in [0.3, 0.4) is 0 Å². The van der Waals surface area contributed by atoms with Crippen LogP contribution in [-0.2, 0) is 4.79 Å². The molecular weight excluding hydrogens is 229 g/mol. The van der Waals surface area contributed by atoms with Crippen molar-refractivity contribution in [2.45, 2.75) is 6.92 Å². The van der Waals surface area contributed by atoms with E-state index in [4.69, 9.17) is 16.2 Å². The predicted molar refractivity (Wildman–Crippen MR) is 58.8 cm³/mol. The molecule has 0 aliphatic heterocycles. The molecule has 0 saturated carbocycles. The molecule has 7 heteroatoms. The first kappa shape index (κ1) is 12.8. The normalized spacial score (nSPS) is 9.76. The minimum Gasteiger partial charge on any atom is -0.481 e. The zero-order valence-corrected chi connectivity index (χ0v) is 9.12. The van der Waals surface area contributed by atoms with Crippen molar-refractivity contribution in [2.24, 2.45) is 5.73 Å². The Balaban J connectivity index is 2.66. The van der Waals surface area contributed by atoms with Crippen LogP contribution >= 0.6 is 0 Å². The molecule has 0 aliphatic rings. The number of rotatable bonds is 3. The van der Waals surface area contributed by atoms with Crippen molar-refractivity contribution in [3.05, 3.63) is 23.5 Å². The van der Waals surface area contributed by atoms with Crippen molar-refractivity contribution in [3.8, 4) is 5.75 Å². The molecule has 0 bridgehead atoms. The number of amides is 3. The lowest BCUT2D eigenvalue weighted by atomic mass is 10.2. The number of ether oxygens (including phenoxy) is 1. The van der Waals surface area contributed by atoms with Crippen LogP contribution in [0.4, 0.5) is 14.9 Å². The number of nitrogens with two attached hydrogens (primary N) is 2. The van der Waals surface area contributed by atoms with Gasteiger partial charge in [0.15, 0.2) is 18.2 Å². The Kier molecular flexibility index (Phi) is 3.86. The topological polar surface area (TPSA) is 107 Å². The number of halogens is 1. The highest BCUT2D eigenvalue weighted by atomic mass is 19.1. The van der Waals surface area contributed by atoms with Crippen LogP contribution in [-0.4, -0.2) is 18.5 Å². The number of carbonyl (C=O) groups excluding carboxylic acids is 2. The van der Waals surface area contributed by atoms with E-state index >= 15 is 0 Å². The lowest BCUT2D eigenvalue weighted by Gasteiger charge is -2.08. The molecule has 3 amide bonds. The first-order valence-electron chi connectivity index (χ1n) is 4.68. The van der Waals surface area contributed by atoms with Crippen LogP contribution in [0.2, 0.25) is 0 Å². The first-order chi connectivity index (χ1) is 7.90. The van der Waals surface area contributed by atoms with Crippen molar-refractivity contribution in [2.75, 3.05) is 12.3 Å². The third-order valence-corrected chi connectivity index (χ3v) is 1.94. The van der Waals surface area contributed by atoms with Crippen molar-refractivity contribution in [3.63, 3.8) is 0 Å². The molecule has 0 spiro atoms. The molecule has 6 nitrogen and oxygen atoms in total. The van der Waals surface area contributed by atoms with Crippen LogP contribution in [0.25, 0.3) is 0 Å². The van der Waals surface area contributed by atoms with Crippen molar-refractivity contribution in [1.82, 2.24) is 5.32 Å². The van der Waals surface area contributed by atoms with Gasteiger partial charge in [0, 0.05) is 11.8 Å². The Morgan fingerprint density at radius 1 is 1.47 bits per heavy atom. The Morgan fingerprint density at radius 2 is 2.12 bits per heavy atom. The summed E-state index contributed by atoms with van der Waals surface area (Å²) in [5, 5.41) is 1.79. The number of nitrogen functional groups attached to an aromatic ring is 1. The average molecular weight is 241 g/mol. The fourth-order valence-electron chi connectivity index (χ4n) is 1.10. The summed E-state index contributed by atoms with van der Waals surface area (Å²) < 4.78 is 18.2. The van der Waals surface area contributed by atoms with Gasteiger partial charge in [0.05, 0.1) is 0 Å². The van der Waals surface area contributed by atoms with Crippen LogP contribution in [0.1, 0.15) is 5.56 Å². The molecular formula is C10H12FN3O3. The standard InChI is InChI=1S/C10H12FN3O3/c1-5-2-8(6(11)3-7(5)12)17-4-9(15)14-10(13)16/h2-3H,4,12H2,1H3,(H3,13,14,15,16). The van der Waals surface area contributed by atoms with E-state index in [0.717, 1.165) is 6.07 Å². The Morgan fingerprint density at radius 3 is 2.71 bits per heavy atom. The van der Waals surface area contributed by atoms with Gasteiger partial charge in [-0.15, -0.1) is 0 Å². The van der Waals surface area contributed by atoms with Gasteiger partial charge in [0.1, 0.15) is 0 Å². The van der Waals surface area contributed by atoms with E-state index < -0.39 is 24.4 Å². The first-order valence-corrected chi connectivity index (χ1v) is 4.68. The maximum Gasteiger partial charge on any atom is 0.318 e. The van der Waals surface area contributed by atoms with Gasteiger partial charge in [-0.3, -0.25) is 10.1 Å². The fourth-order valence-corrected chi connectivity index (χ4v) is 1.10. The van der Waals surface area contributed by atoms with Crippen molar-refractivity contribution in [1.29, 1.82) is 0 Å². The number of carbonyl (C=O) groups is 2. The molecule has 92 valence electrons. The molecule has 0 aliphatic carbocycles. The van der Waals surface area contributed by atoms with E-state index in [1.165, 1.54) is 6.07 Å². The maximum absolute atomic E-state index is 13.3. The zero-order chi connectivity index (χ0) is 13.0. The summed E-state index contributed by atoms with van der Waals surface area (Å²) >= 11 is 0. The fraction of sp³-hybridized carbons (Fsp3) is 0.200. The summed E-state index contributed by atoms with van der Waals surface area (Å²) in [7, 11) is 0. The number of hydrogen-bond donors (Lipinski definition) is 3. The van der Waals surface area contributed by atoms with Gasteiger partial charge in [-0.1, -0.05) is 0 Å². The van der Waals surface area contributed by atoms with E-state index in [-0.39, 0.29) is 11.4 Å². The maximum atomic E-state index is 13.3. The molecule has 0 fully saturated rings. The number of primary amides is 1. The van der Waals surface area contributed by atoms with Gasteiger partial charge in [0.25, 0.3) is 5.91 Å². The Bertz CT molecular complexity index is 462. The van der Waals surface area contributed by atoms with E-state index in [2.05, 4.69) is 0 Å². The predicted octanol–water partition coefficient (Wildman–Crippen LogP) is 0.290. The SMILES string of the molecule is Cc1cc(OCC(=O)NC(N)=O)c(F)cc1N. The molecule has 0 radical (unpaired) electrons. The van der Waals surface area contributed by atoms with Crippen molar-refractivity contribution >= 4 is 17.6 Å². The monoisotopic (exact) mass is 241 g/mol. The molecule has 0 heterocycles. The van der Waals surface area contributed by atoms with E-state index in [1.54, 1.807) is 12.2 Å². The number of benzene rings is 1. The van der Waals surface area contributed by atoms with Gasteiger partial charge in [-0.25, -0.2) is 9.18 Å². The van der Waals surface area contributed by atoms with Gasteiger partial charge < -0.3 is 16.2 Å². The second kappa shape index (κ2) is 5.15. The molecule has 0 saturated heterocycles. The number of aryl methyl sites for hydroxylation is 1. The quantitative estimate of drug-likeness (QED) is 0.661. The highest BCUT2D eigenvalue weighted by Crippen LogP contribution is 2.23. The minimum absolute atomic E-state index is 0.115. The summed E-state index contributed by atoms with van der Waals surface area (Å²) in [6, 6.07) is 1.46. The molecule has 5 N–H and O–H groups in total. The zero-order valence-electron chi connectivity index (χ0n) is 9.12. The Labute approximate surface area is 96.7 Å². The van der Waals surface area contributed by atoms with Gasteiger partial charge in [-0.2, -0.15) is 0 Å². The van der Waals surface area contributed by atoms with Crippen LogP contribution < -0.4 is 21.5 Å². The summed E-state index contributed by atoms with van der Waals surface area (Å²) in [5.74, 6) is -1.55. The van der Waals surface area contributed by atoms with Gasteiger partial charge in [0.2, 0.25) is 0 Å². The van der Waals surface area contributed by atoms with Crippen LogP contribution in [0, 0.1) is 12.7 Å². The third-order valence-electron chi connectivity index (χ3n) is 1.94. The van der Waals surface area contributed by atoms with Crippen LogP contribution in [0.15, 0.2) is 12.1 Å². The number of nitrogens with one attached hydrogen (secondary N) is 1. The summed E-state index contributed by atoms with van der Waals surface area (Å²) in [6.45, 7) is 1.16. The number of imide groups is 1. The molecule has 1 aromatic carbocycles. The van der Waals surface area contributed by atoms with Crippen molar-refractivity contribution < 1.29 is 18.7 Å². The molecule has 0 aromatic heterocycles. The summed E-state index contributed by atoms with van der Waals surface area (Å²) in [5.41, 5.74) is 11.1. The number of anilines is 1. The summed E-state index contributed by atoms with van der Waals surface area (Å²) in [4.78, 5) is 21.3. The molecule has 1 aromatic rings. The van der Waals surface area contributed by atoms with E-state index in [9.17, 15) is 14.0 Å². The third kappa shape index (κ3) is 3.63. The molecule has 0 atom stereocenters. The summed E-state index contributed by atoms with van der Waals surface area (Å²) in [6.07, 6.45) is 0. The van der Waals surface area contributed by atoms with E-state index in [1.807, 2.05) is 0 Å². The highest BCUT2D eigenvalue weighted by Gasteiger charge is 2.10. The molecule has 0 unspecified atom stereocenters. The smallest absolute Gasteiger partial charge is 0.318 e. The Hall–Kier alpha value is -2.31. The number of urea groups is 1. The number of hydrogen-bond acceptors (Lipinski definition) is 4. The highest BCUT2D eigenvalue weighted by molar-refractivity contribution is 5.94. The average Bonchev–Trinajstić information content (AvgIpc) is 2.20. The second-order valence-corrected chi connectivity index (χ2v) is 3.34. The van der Waals surface area contributed by atoms with Crippen LogP contribution in [0.5, 0.6) is 5.75 Å². The molecule has 17 heavy (non-hydrogen) atoms. The van der Waals surface area contributed by atoms with Gasteiger partial charge >= 0.3 is 6.03 Å². The largest absolute Gasteiger partial charge is 0.481 e. The minimum atomic E-state index is -0.993. The van der Waals surface area contributed by atoms with Gasteiger partial charge in [-0.05, 0) is 18.6 Å². The lowest BCUT2D eigenvalue weighted by molar-refractivity contribution is -0.121. The second-order valence-electron chi connectivity index (χ2n) is 3.34.